The van der Waals surface area contributed by atoms with Gasteiger partial charge >= 0.3 is 0 Å². The first-order valence-corrected chi connectivity index (χ1v) is 10.6. The number of rotatable bonds is 8. The molecule has 0 saturated carbocycles. The molecule has 0 atom stereocenters. The zero-order valence-electron chi connectivity index (χ0n) is 18.0. The molecule has 0 bridgehead atoms. The number of aromatic nitrogens is 2. The summed E-state index contributed by atoms with van der Waals surface area (Å²) in [5.74, 6) is 1.70. The summed E-state index contributed by atoms with van der Waals surface area (Å²) in [7, 11) is 1.83. The normalized spacial score (nSPS) is 14.9. The number of benzene rings is 1. The summed E-state index contributed by atoms with van der Waals surface area (Å²) in [5.41, 5.74) is 2.72. The lowest BCUT2D eigenvalue weighted by Gasteiger charge is -2.34. The number of nitrogens with zero attached hydrogens (tertiary/aromatic N) is 5. The van der Waals surface area contributed by atoms with Crippen LogP contribution in [0.2, 0.25) is 0 Å². The first kappa shape index (κ1) is 24.3. The predicted octanol–water partition coefficient (Wildman–Crippen LogP) is 2.53. The fourth-order valence-electron chi connectivity index (χ4n) is 3.61. The van der Waals surface area contributed by atoms with Gasteiger partial charge in [-0.1, -0.05) is 31.2 Å². The van der Waals surface area contributed by atoms with Crippen molar-refractivity contribution in [3.63, 3.8) is 0 Å². The van der Waals surface area contributed by atoms with E-state index in [0.29, 0.717) is 0 Å². The van der Waals surface area contributed by atoms with Crippen molar-refractivity contribution in [2.24, 2.45) is 4.99 Å². The quantitative estimate of drug-likeness (QED) is 0.240. The van der Waals surface area contributed by atoms with Crippen molar-refractivity contribution in [1.82, 2.24) is 25.5 Å². The molecule has 2 N–H and O–H groups in total. The average Bonchev–Trinajstić information content (AvgIpc) is 2.80. The van der Waals surface area contributed by atoms with E-state index in [0.717, 1.165) is 70.6 Å². The number of aliphatic imine (C=N–C) groups is 1. The molecule has 1 saturated heterocycles. The van der Waals surface area contributed by atoms with E-state index in [4.69, 9.17) is 0 Å². The van der Waals surface area contributed by atoms with E-state index < -0.39 is 0 Å². The molecule has 30 heavy (non-hydrogen) atoms. The number of anilines is 1. The zero-order valence-corrected chi connectivity index (χ0v) is 20.4. The van der Waals surface area contributed by atoms with Crippen molar-refractivity contribution in [2.45, 2.75) is 26.3 Å². The van der Waals surface area contributed by atoms with Crippen molar-refractivity contribution in [2.75, 3.05) is 51.2 Å². The molecule has 3 rings (SSSR count). The van der Waals surface area contributed by atoms with Crippen molar-refractivity contribution in [3.05, 3.63) is 53.9 Å². The standard InChI is InChI=1S/C22H33N7.HI/c1-3-19-8-4-5-9-20(19)18-27-21(23-2)24-12-7-13-28-14-16-29(17-15-28)22-25-10-6-11-26-22;/h4-6,8-11H,3,7,12-18H2,1-2H3,(H2,23,24,27);1H. The summed E-state index contributed by atoms with van der Waals surface area (Å²) in [5, 5.41) is 6.86. The Bertz CT molecular complexity index is 761. The highest BCUT2D eigenvalue weighted by Crippen LogP contribution is 2.10. The Morgan fingerprint density at radius 2 is 1.70 bits per heavy atom. The van der Waals surface area contributed by atoms with Crippen molar-refractivity contribution >= 4 is 35.9 Å². The van der Waals surface area contributed by atoms with Crippen LogP contribution >= 0.6 is 24.0 Å². The van der Waals surface area contributed by atoms with Gasteiger partial charge in [-0.15, -0.1) is 24.0 Å². The highest BCUT2D eigenvalue weighted by atomic mass is 127. The maximum absolute atomic E-state index is 4.35. The lowest BCUT2D eigenvalue weighted by molar-refractivity contribution is 0.254. The lowest BCUT2D eigenvalue weighted by atomic mass is 10.1. The van der Waals surface area contributed by atoms with Crippen LogP contribution in [0.5, 0.6) is 0 Å². The summed E-state index contributed by atoms with van der Waals surface area (Å²) in [6.07, 6.45) is 5.76. The van der Waals surface area contributed by atoms with Gasteiger partial charge in [-0.25, -0.2) is 9.97 Å². The van der Waals surface area contributed by atoms with Gasteiger partial charge in [0.2, 0.25) is 5.95 Å². The van der Waals surface area contributed by atoms with Crippen molar-refractivity contribution in [3.8, 4) is 0 Å². The third-order valence-corrected chi connectivity index (χ3v) is 5.32. The van der Waals surface area contributed by atoms with E-state index in [1.54, 1.807) is 0 Å². The van der Waals surface area contributed by atoms with Crippen molar-refractivity contribution in [1.29, 1.82) is 0 Å². The van der Waals surface area contributed by atoms with Crippen molar-refractivity contribution < 1.29 is 0 Å². The van der Waals surface area contributed by atoms with Gasteiger partial charge < -0.3 is 15.5 Å². The Kier molecular flexibility index (Phi) is 10.9. The largest absolute Gasteiger partial charge is 0.356 e. The van der Waals surface area contributed by atoms with Crippen LogP contribution in [0.4, 0.5) is 5.95 Å². The molecule has 1 aliphatic heterocycles. The molecule has 2 aromatic rings. The summed E-state index contributed by atoms with van der Waals surface area (Å²) in [6.45, 7) is 9.07. The summed E-state index contributed by atoms with van der Waals surface area (Å²) in [4.78, 5) is 17.8. The third-order valence-electron chi connectivity index (χ3n) is 5.32. The van der Waals surface area contributed by atoms with Gasteiger partial charge in [-0.3, -0.25) is 9.89 Å². The van der Waals surface area contributed by atoms with E-state index in [1.807, 2.05) is 25.5 Å². The van der Waals surface area contributed by atoms with Gasteiger partial charge in [0.15, 0.2) is 5.96 Å². The van der Waals surface area contributed by atoms with Gasteiger partial charge in [0.25, 0.3) is 0 Å². The highest BCUT2D eigenvalue weighted by molar-refractivity contribution is 14.0. The Morgan fingerprint density at radius 3 is 2.37 bits per heavy atom. The highest BCUT2D eigenvalue weighted by Gasteiger charge is 2.18. The van der Waals surface area contributed by atoms with Crippen LogP contribution in [0.3, 0.4) is 0 Å². The minimum Gasteiger partial charge on any atom is -0.356 e. The monoisotopic (exact) mass is 523 g/mol. The van der Waals surface area contributed by atoms with Crippen LogP contribution < -0.4 is 15.5 Å². The molecule has 0 unspecified atom stereocenters. The van der Waals surface area contributed by atoms with Gasteiger partial charge in [-0.05, 0) is 36.6 Å². The van der Waals surface area contributed by atoms with Crippen LogP contribution in [0, 0.1) is 0 Å². The van der Waals surface area contributed by atoms with E-state index in [1.165, 1.54) is 11.1 Å². The van der Waals surface area contributed by atoms with E-state index in [9.17, 15) is 0 Å². The molecule has 1 aromatic carbocycles. The van der Waals surface area contributed by atoms with E-state index >= 15 is 0 Å². The summed E-state index contributed by atoms with van der Waals surface area (Å²) >= 11 is 0. The Morgan fingerprint density at radius 1 is 1.00 bits per heavy atom. The number of guanidine groups is 1. The average molecular weight is 523 g/mol. The third kappa shape index (κ3) is 7.39. The smallest absolute Gasteiger partial charge is 0.225 e. The summed E-state index contributed by atoms with van der Waals surface area (Å²) < 4.78 is 0. The van der Waals surface area contributed by atoms with E-state index in [2.05, 4.69) is 66.6 Å². The number of hydrogen-bond donors (Lipinski definition) is 2. The molecular weight excluding hydrogens is 489 g/mol. The number of hydrogen-bond acceptors (Lipinski definition) is 5. The maximum Gasteiger partial charge on any atom is 0.225 e. The van der Waals surface area contributed by atoms with Crippen LogP contribution in [-0.4, -0.2) is 67.1 Å². The topological polar surface area (TPSA) is 68.7 Å². The lowest BCUT2D eigenvalue weighted by Crippen LogP contribution is -2.47. The maximum atomic E-state index is 4.35. The predicted molar refractivity (Wildman–Crippen MR) is 135 cm³/mol. The summed E-state index contributed by atoms with van der Waals surface area (Å²) in [6, 6.07) is 10.4. The Balaban J connectivity index is 0.00000320. The first-order valence-electron chi connectivity index (χ1n) is 10.6. The fraction of sp³-hybridized carbons (Fsp3) is 0.500. The molecule has 1 aromatic heterocycles. The molecular formula is C22H34IN7. The second-order valence-electron chi connectivity index (χ2n) is 7.21. The Hall–Kier alpha value is -1.94. The number of nitrogens with one attached hydrogen (secondary N) is 2. The van der Waals surface area contributed by atoms with Crippen LogP contribution in [0.15, 0.2) is 47.7 Å². The molecule has 1 aliphatic rings. The fourth-order valence-corrected chi connectivity index (χ4v) is 3.61. The molecule has 8 heteroatoms. The molecule has 0 amide bonds. The molecule has 7 nitrogen and oxygen atoms in total. The van der Waals surface area contributed by atoms with E-state index in [-0.39, 0.29) is 24.0 Å². The van der Waals surface area contributed by atoms with Crippen LogP contribution in [-0.2, 0) is 13.0 Å². The molecule has 164 valence electrons. The van der Waals surface area contributed by atoms with Gasteiger partial charge in [0.05, 0.1) is 0 Å². The molecule has 0 radical (unpaired) electrons. The minimum atomic E-state index is 0. The SMILES string of the molecule is CCc1ccccc1CNC(=NC)NCCCN1CCN(c2ncccn2)CC1.I. The molecule has 1 fully saturated rings. The number of piperazine rings is 1. The first-order chi connectivity index (χ1) is 14.3. The molecule has 0 spiro atoms. The van der Waals surface area contributed by atoms with Gasteiger partial charge in [0.1, 0.15) is 0 Å². The number of halogens is 1. The Labute approximate surface area is 197 Å². The molecule has 2 heterocycles. The van der Waals surface area contributed by atoms with Gasteiger partial charge in [0, 0.05) is 58.7 Å². The van der Waals surface area contributed by atoms with Crippen LogP contribution in [0.1, 0.15) is 24.5 Å². The second-order valence-corrected chi connectivity index (χ2v) is 7.21. The zero-order chi connectivity index (χ0) is 20.3. The molecule has 0 aliphatic carbocycles. The van der Waals surface area contributed by atoms with Crippen LogP contribution in [0.25, 0.3) is 0 Å². The minimum absolute atomic E-state index is 0. The number of aryl methyl sites for hydroxylation is 1. The second kappa shape index (κ2) is 13.4. The van der Waals surface area contributed by atoms with Gasteiger partial charge in [-0.2, -0.15) is 0 Å².